The number of hydrogen-bond donors (Lipinski definition) is 2. The van der Waals surface area contributed by atoms with Gasteiger partial charge in [0.1, 0.15) is 11.9 Å². The molecule has 1 aromatic heterocycles. The van der Waals surface area contributed by atoms with Crippen molar-refractivity contribution in [1.82, 2.24) is 4.98 Å². The summed E-state index contributed by atoms with van der Waals surface area (Å²) in [5.41, 5.74) is 8.11. The molecule has 0 saturated heterocycles. The van der Waals surface area contributed by atoms with Crippen molar-refractivity contribution in [3.63, 3.8) is 0 Å². The van der Waals surface area contributed by atoms with Crippen molar-refractivity contribution in [2.45, 2.75) is 46.6 Å². The van der Waals surface area contributed by atoms with E-state index in [1.54, 1.807) is 0 Å². The van der Waals surface area contributed by atoms with Gasteiger partial charge in [-0.1, -0.05) is 13.8 Å². The number of nitrogens with one attached hydrogen (secondary N) is 1. The molecule has 19 heavy (non-hydrogen) atoms. The monoisotopic (exact) mass is 260 g/mol. The molecule has 0 radical (unpaired) electrons. The van der Waals surface area contributed by atoms with E-state index in [0.717, 1.165) is 17.7 Å². The van der Waals surface area contributed by atoms with Gasteiger partial charge in [-0.15, -0.1) is 0 Å². The first-order valence-corrected chi connectivity index (χ1v) is 6.68. The van der Waals surface area contributed by atoms with Crippen molar-refractivity contribution in [2.75, 3.05) is 11.9 Å². The highest BCUT2D eigenvalue weighted by molar-refractivity contribution is 5.57. The van der Waals surface area contributed by atoms with Crippen LogP contribution in [-0.4, -0.2) is 17.1 Å². The molecule has 0 spiro atoms. The van der Waals surface area contributed by atoms with Gasteiger partial charge < -0.3 is 11.1 Å². The lowest BCUT2D eigenvalue weighted by Crippen LogP contribution is -2.44. The summed E-state index contributed by atoms with van der Waals surface area (Å²) in [5, 5.41) is 12.7. The summed E-state index contributed by atoms with van der Waals surface area (Å²) < 4.78 is 0. The molecule has 1 rings (SSSR count). The molecule has 3 N–H and O–H groups in total. The van der Waals surface area contributed by atoms with Gasteiger partial charge in [0.25, 0.3) is 0 Å². The van der Waals surface area contributed by atoms with Crippen LogP contribution < -0.4 is 11.1 Å². The van der Waals surface area contributed by atoms with Crippen LogP contribution in [0.25, 0.3) is 0 Å². The van der Waals surface area contributed by atoms with Crippen LogP contribution in [0.15, 0.2) is 6.07 Å². The summed E-state index contributed by atoms with van der Waals surface area (Å²) >= 11 is 0. The molecular weight excluding hydrogens is 236 g/mol. The first-order valence-electron chi connectivity index (χ1n) is 6.68. The van der Waals surface area contributed by atoms with Gasteiger partial charge in [0.05, 0.1) is 5.56 Å². The maximum atomic E-state index is 9.28. The summed E-state index contributed by atoms with van der Waals surface area (Å²) in [6, 6.07) is 4.15. The molecule has 0 fully saturated rings. The maximum Gasteiger partial charge on any atom is 0.144 e. The predicted octanol–water partition coefficient (Wildman–Crippen LogP) is 2.75. The molecule has 0 bridgehead atoms. The number of nitrogens with two attached hydrogens (primary N) is 1. The van der Waals surface area contributed by atoms with E-state index in [-0.39, 0.29) is 5.54 Å². The SMILES string of the molecule is Cc1cc(C)c(C#N)c(NC(C)(CN)CC(C)C)n1. The standard InChI is InChI=1S/C15H24N4/c1-10(2)7-15(5,9-17)19-14-13(8-16)11(3)6-12(4)18-14/h6,10H,7,9,17H2,1-5H3,(H,18,19). The number of aryl methyl sites for hydroxylation is 2. The van der Waals surface area contributed by atoms with Gasteiger partial charge in [-0.3, -0.25) is 0 Å². The van der Waals surface area contributed by atoms with E-state index in [9.17, 15) is 5.26 Å². The largest absolute Gasteiger partial charge is 0.363 e. The fourth-order valence-corrected chi connectivity index (χ4v) is 2.44. The summed E-state index contributed by atoms with van der Waals surface area (Å²) in [5.74, 6) is 1.17. The topological polar surface area (TPSA) is 74.7 Å². The Morgan fingerprint density at radius 2 is 2.11 bits per heavy atom. The van der Waals surface area contributed by atoms with E-state index in [0.29, 0.717) is 23.8 Å². The second kappa shape index (κ2) is 6.03. The molecule has 0 aromatic carbocycles. The predicted molar refractivity (Wildman–Crippen MR) is 79.0 cm³/mol. The lowest BCUT2D eigenvalue weighted by Gasteiger charge is -2.32. The van der Waals surface area contributed by atoms with Crippen molar-refractivity contribution in [3.8, 4) is 6.07 Å². The Bertz CT molecular complexity index is 488. The zero-order valence-electron chi connectivity index (χ0n) is 12.5. The molecule has 1 aromatic rings. The van der Waals surface area contributed by atoms with E-state index in [2.05, 4.69) is 37.1 Å². The number of rotatable bonds is 5. The minimum atomic E-state index is -0.243. The molecule has 0 aliphatic heterocycles. The highest BCUT2D eigenvalue weighted by Gasteiger charge is 2.25. The van der Waals surface area contributed by atoms with Crippen LogP contribution in [0, 0.1) is 31.1 Å². The normalized spacial score (nSPS) is 14.0. The van der Waals surface area contributed by atoms with Crippen molar-refractivity contribution in [2.24, 2.45) is 11.7 Å². The Labute approximate surface area is 116 Å². The van der Waals surface area contributed by atoms with Gasteiger partial charge in [-0.2, -0.15) is 5.26 Å². The Morgan fingerprint density at radius 3 is 2.58 bits per heavy atom. The second-order valence-corrected chi connectivity index (χ2v) is 5.90. The number of pyridine rings is 1. The van der Waals surface area contributed by atoms with Crippen LogP contribution in [0.2, 0.25) is 0 Å². The van der Waals surface area contributed by atoms with Crippen LogP contribution >= 0.6 is 0 Å². The maximum absolute atomic E-state index is 9.28. The molecule has 104 valence electrons. The average Bonchev–Trinajstić information content (AvgIpc) is 2.27. The minimum Gasteiger partial charge on any atom is -0.363 e. The van der Waals surface area contributed by atoms with Gasteiger partial charge in [-0.25, -0.2) is 4.98 Å². The van der Waals surface area contributed by atoms with Gasteiger partial charge >= 0.3 is 0 Å². The van der Waals surface area contributed by atoms with Crippen molar-refractivity contribution in [3.05, 3.63) is 22.9 Å². The van der Waals surface area contributed by atoms with Crippen molar-refractivity contribution < 1.29 is 0 Å². The third-order valence-corrected chi connectivity index (χ3v) is 3.19. The molecule has 0 aliphatic rings. The zero-order chi connectivity index (χ0) is 14.6. The van der Waals surface area contributed by atoms with Crippen LogP contribution in [0.5, 0.6) is 0 Å². The number of nitriles is 1. The van der Waals surface area contributed by atoms with Gasteiger partial charge in [0, 0.05) is 17.8 Å². The number of anilines is 1. The molecule has 4 heteroatoms. The van der Waals surface area contributed by atoms with E-state index < -0.39 is 0 Å². The molecule has 1 atom stereocenters. The minimum absolute atomic E-state index is 0.243. The molecule has 4 nitrogen and oxygen atoms in total. The summed E-state index contributed by atoms with van der Waals surface area (Å²) in [4.78, 5) is 4.46. The Kier molecular flexibility index (Phi) is 4.90. The van der Waals surface area contributed by atoms with Crippen molar-refractivity contribution >= 4 is 5.82 Å². The Balaban J connectivity index is 3.14. The Morgan fingerprint density at radius 1 is 1.47 bits per heavy atom. The van der Waals surface area contributed by atoms with Crippen LogP contribution in [0.3, 0.4) is 0 Å². The van der Waals surface area contributed by atoms with Crippen LogP contribution in [-0.2, 0) is 0 Å². The molecule has 1 heterocycles. The summed E-state index contributed by atoms with van der Waals surface area (Å²) in [6.07, 6.45) is 0.934. The first-order chi connectivity index (χ1) is 8.81. The quantitative estimate of drug-likeness (QED) is 0.853. The third kappa shape index (κ3) is 3.93. The molecule has 0 aliphatic carbocycles. The number of aromatic nitrogens is 1. The lowest BCUT2D eigenvalue weighted by atomic mass is 9.90. The highest BCUT2D eigenvalue weighted by atomic mass is 15.1. The fraction of sp³-hybridized carbons (Fsp3) is 0.600. The molecule has 1 unspecified atom stereocenters. The van der Waals surface area contributed by atoms with Crippen LogP contribution in [0.4, 0.5) is 5.82 Å². The van der Waals surface area contributed by atoms with Crippen molar-refractivity contribution in [1.29, 1.82) is 5.26 Å². The van der Waals surface area contributed by atoms with Crippen LogP contribution in [0.1, 0.15) is 44.0 Å². The number of nitrogens with zero attached hydrogens (tertiary/aromatic N) is 2. The fourth-order valence-electron chi connectivity index (χ4n) is 2.44. The van der Waals surface area contributed by atoms with Gasteiger partial charge in [0.15, 0.2) is 0 Å². The summed E-state index contributed by atoms with van der Waals surface area (Å²) in [7, 11) is 0. The van der Waals surface area contributed by atoms with Gasteiger partial charge in [0.2, 0.25) is 0 Å². The highest BCUT2D eigenvalue weighted by Crippen LogP contribution is 2.24. The third-order valence-electron chi connectivity index (χ3n) is 3.19. The van der Waals surface area contributed by atoms with E-state index in [1.807, 2.05) is 19.9 Å². The molecule has 0 saturated carbocycles. The zero-order valence-corrected chi connectivity index (χ0v) is 12.5. The average molecular weight is 260 g/mol. The van der Waals surface area contributed by atoms with E-state index >= 15 is 0 Å². The second-order valence-electron chi connectivity index (χ2n) is 5.90. The summed E-state index contributed by atoms with van der Waals surface area (Å²) in [6.45, 7) is 10.8. The van der Waals surface area contributed by atoms with E-state index in [1.165, 1.54) is 0 Å². The van der Waals surface area contributed by atoms with Gasteiger partial charge in [-0.05, 0) is 44.7 Å². The lowest BCUT2D eigenvalue weighted by molar-refractivity contribution is 0.406. The molecule has 0 amide bonds. The smallest absolute Gasteiger partial charge is 0.144 e. The van der Waals surface area contributed by atoms with E-state index in [4.69, 9.17) is 5.73 Å². The molecular formula is C15H24N4. The first kappa shape index (κ1) is 15.5. The number of hydrogen-bond acceptors (Lipinski definition) is 4. The Hall–Kier alpha value is -1.60.